The molecule has 0 saturated carbocycles. The van der Waals surface area contributed by atoms with Gasteiger partial charge in [-0.3, -0.25) is 4.79 Å². The molecule has 21 heavy (non-hydrogen) atoms. The van der Waals surface area contributed by atoms with Gasteiger partial charge in [0.25, 0.3) is 5.91 Å². The Kier molecular flexibility index (Phi) is 6.57. The number of hydrogen-bond donors (Lipinski definition) is 2. The van der Waals surface area contributed by atoms with Gasteiger partial charge in [0.1, 0.15) is 5.82 Å². The van der Waals surface area contributed by atoms with Crippen molar-refractivity contribution >= 4 is 5.91 Å². The van der Waals surface area contributed by atoms with Crippen LogP contribution < -0.4 is 11.1 Å². The van der Waals surface area contributed by atoms with Gasteiger partial charge in [0, 0.05) is 19.7 Å². The van der Waals surface area contributed by atoms with Crippen LogP contribution in [-0.2, 0) is 10.9 Å². The van der Waals surface area contributed by atoms with Gasteiger partial charge in [0.15, 0.2) is 0 Å². The number of carbonyl (C=O) groups excluding carboxylic acids is 1. The smallest absolute Gasteiger partial charge is 0.380 e. The van der Waals surface area contributed by atoms with E-state index in [0.29, 0.717) is 32.2 Å². The van der Waals surface area contributed by atoms with Gasteiger partial charge in [-0.25, -0.2) is 4.39 Å². The maximum atomic E-state index is 13.7. The summed E-state index contributed by atoms with van der Waals surface area (Å²) in [4.78, 5) is 11.7. The first-order chi connectivity index (χ1) is 9.88. The predicted molar refractivity (Wildman–Crippen MR) is 68.2 cm³/mol. The van der Waals surface area contributed by atoms with Gasteiger partial charge in [0.05, 0.1) is 17.7 Å². The Morgan fingerprint density at radius 2 is 2.00 bits per heavy atom. The van der Waals surface area contributed by atoms with Crippen LogP contribution in [0.15, 0.2) is 18.2 Å². The van der Waals surface area contributed by atoms with E-state index in [0.717, 1.165) is 12.1 Å². The molecule has 3 N–H and O–H groups in total. The number of nitrogens with two attached hydrogens (primary N) is 1. The van der Waals surface area contributed by atoms with Crippen LogP contribution in [0.1, 0.15) is 22.3 Å². The van der Waals surface area contributed by atoms with Crippen molar-refractivity contribution in [1.29, 1.82) is 0 Å². The minimum atomic E-state index is -4.84. The van der Waals surface area contributed by atoms with E-state index >= 15 is 0 Å². The number of rotatable bonds is 7. The Morgan fingerprint density at radius 3 is 2.62 bits per heavy atom. The Bertz CT molecular complexity index is 478. The van der Waals surface area contributed by atoms with Crippen molar-refractivity contribution in [3.63, 3.8) is 0 Å². The van der Waals surface area contributed by atoms with Gasteiger partial charge in [-0.2, -0.15) is 13.2 Å². The fourth-order valence-corrected chi connectivity index (χ4v) is 1.58. The van der Waals surface area contributed by atoms with E-state index in [-0.39, 0.29) is 6.54 Å². The van der Waals surface area contributed by atoms with Crippen molar-refractivity contribution in [3.05, 3.63) is 35.1 Å². The highest BCUT2D eigenvalue weighted by Gasteiger charge is 2.35. The summed E-state index contributed by atoms with van der Waals surface area (Å²) in [6.07, 6.45) is -4.39. The first kappa shape index (κ1) is 17.4. The molecule has 0 aliphatic carbocycles. The lowest BCUT2D eigenvalue weighted by Gasteiger charge is -2.11. The number of alkyl halides is 3. The molecule has 0 aromatic heterocycles. The summed E-state index contributed by atoms with van der Waals surface area (Å²) in [6.45, 7) is 1.28. The second-order valence-corrected chi connectivity index (χ2v) is 4.18. The van der Waals surface area contributed by atoms with Crippen LogP contribution in [0, 0.1) is 5.82 Å². The molecule has 4 nitrogen and oxygen atoms in total. The molecule has 1 rings (SSSR count). The molecule has 0 fully saturated rings. The summed E-state index contributed by atoms with van der Waals surface area (Å²) in [5, 5.41) is 2.34. The normalized spacial score (nSPS) is 11.5. The monoisotopic (exact) mass is 308 g/mol. The van der Waals surface area contributed by atoms with Crippen LogP contribution in [0.25, 0.3) is 0 Å². The maximum Gasteiger partial charge on any atom is 0.419 e. The number of nitrogens with one attached hydrogen (secondary N) is 1. The zero-order chi connectivity index (χ0) is 15.9. The molecular weight excluding hydrogens is 292 g/mol. The lowest BCUT2D eigenvalue weighted by atomic mass is 10.1. The third-order valence-electron chi connectivity index (χ3n) is 2.56. The van der Waals surface area contributed by atoms with Crippen LogP contribution in [-0.4, -0.2) is 32.2 Å². The number of halogens is 4. The van der Waals surface area contributed by atoms with Crippen LogP contribution in [0.4, 0.5) is 17.6 Å². The number of amides is 1. The molecule has 1 amide bonds. The van der Waals surface area contributed by atoms with Crippen LogP contribution in [0.3, 0.4) is 0 Å². The van der Waals surface area contributed by atoms with Crippen molar-refractivity contribution < 1.29 is 27.1 Å². The molecule has 0 aliphatic heterocycles. The van der Waals surface area contributed by atoms with Crippen molar-refractivity contribution in [1.82, 2.24) is 5.32 Å². The lowest BCUT2D eigenvalue weighted by molar-refractivity contribution is -0.140. The predicted octanol–water partition coefficient (Wildman–Crippen LogP) is 1.94. The van der Waals surface area contributed by atoms with Crippen LogP contribution in [0.2, 0.25) is 0 Å². The third kappa shape index (κ3) is 5.31. The quantitative estimate of drug-likeness (QED) is 0.598. The van der Waals surface area contributed by atoms with Crippen molar-refractivity contribution in [2.75, 3.05) is 26.3 Å². The molecule has 0 heterocycles. The zero-order valence-corrected chi connectivity index (χ0v) is 11.2. The largest absolute Gasteiger partial charge is 0.419 e. The molecule has 1 aromatic rings. The lowest BCUT2D eigenvalue weighted by Crippen LogP contribution is -2.27. The van der Waals surface area contributed by atoms with E-state index in [4.69, 9.17) is 10.5 Å². The SMILES string of the molecule is NCCOCCCNC(=O)c1cccc(C(F)(F)F)c1F. The van der Waals surface area contributed by atoms with Gasteiger partial charge >= 0.3 is 6.18 Å². The van der Waals surface area contributed by atoms with Crippen molar-refractivity contribution in [2.45, 2.75) is 12.6 Å². The zero-order valence-electron chi connectivity index (χ0n) is 11.2. The number of hydrogen-bond acceptors (Lipinski definition) is 3. The molecular formula is C13H16F4N2O2. The minimum absolute atomic E-state index is 0.166. The molecule has 0 aliphatic rings. The Morgan fingerprint density at radius 1 is 1.29 bits per heavy atom. The van der Waals surface area contributed by atoms with E-state index in [1.807, 2.05) is 0 Å². The van der Waals surface area contributed by atoms with Gasteiger partial charge < -0.3 is 15.8 Å². The van der Waals surface area contributed by atoms with E-state index in [2.05, 4.69) is 5.32 Å². The standard InChI is InChI=1S/C13H16F4N2O2/c14-11-9(3-1-4-10(11)13(15,16)17)12(20)19-6-2-7-21-8-5-18/h1,3-4H,2,5-8,18H2,(H,19,20). The van der Waals surface area contributed by atoms with Gasteiger partial charge in [0.2, 0.25) is 0 Å². The summed E-state index contributed by atoms with van der Waals surface area (Å²) >= 11 is 0. The fourth-order valence-electron chi connectivity index (χ4n) is 1.58. The average molecular weight is 308 g/mol. The second-order valence-electron chi connectivity index (χ2n) is 4.18. The highest BCUT2D eigenvalue weighted by molar-refractivity contribution is 5.94. The van der Waals surface area contributed by atoms with E-state index in [9.17, 15) is 22.4 Å². The van der Waals surface area contributed by atoms with Gasteiger partial charge in [-0.05, 0) is 18.6 Å². The number of benzene rings is 1. The molecule has 0 spiro atoms. The summed E-state index contributed by atoms with van der Waals surface area (Å²) in [6, 6.07) is 2.59. The third-order valence-corrected chi connectivity index (χ3v) is 2.56. The maximum absolute atomic E-state index is 13.7. The number of carbonyl (C=O) groups is 1. The Labute approximate surface area is 119 Å². The highest BCUT2D eigenvalue weighted by atomic mass is 19.4. The highest BCUT2D eigenvalue weighted by Crippen LogP contribution is 2.32. The Balaban J connectivity index is 2.59. The minimum Gasteiger partial charge on any atom is -0.380 e. The molecule has 0 bridgehead atoms. The van der Waals surface area contributed by atoms with Crippen molar-refractivity contribution in [3.8, 4) is 0 Å². The number of ether oxygens (including phenoxy) is 1. The van der Waals surface area contributed by atoms with Gasteiger partial charge in [-0.1, -0.05) is 6.07 Å². The molecule has 0 radical (unpaired) electrons. The van der Waals surface area contributed by atoms with Crippen molar-refractivity contribution in [2.24, 2.45) is 5.73 Å². The fraction of sp³-hybridized carbons (Fsp3) is 0.462. The Hall–Kier alpha value is -1.67. The molecule has 8 heteroatoms. The first-order valence-corrected chi connectivity index (χ1v) is 6.29. The first-order valence-electron chi connectivity index (χ1n) is 6.29. The summed E-state index contributed by atoms with van der Waals surface area (Å²) in [7, 11) is 0. The molecule has 0 unspecified atom stereocenters. The van der Waals surface area contributed by atoms with E-state index in [1.54, 1.807) is 0 Å². The molecule has 0 atom stereocenters. The summed E-state index contributed by atoms with van der Waals surface area (Å²) in [5.41, 5.74) is 3.12. The van der Waals surface area contributed by atoms with E-state index in [1.165, 1.54) is 0 Å². The molecule has 0 saturated heterocycles. The second kappa shape index (κ2) is 7.94. The van der Waals surface area contributed by atoms with Crippen LogP contribution in [0.5, 0.6) is 0 Å². The summed E-state index contributed by atoms with van der Waals surface area (Å²) < 4.78 is 56.3. The topological polar surface area (TPSA) is 64.3 Å². The average Bonchev–Trinajstić information content (AvgIpc) is 2.41. The molecule has 118 valence electrons. The molecule has 1 aromatic carbocycles. The van der Waals surface area contributed by atoms with E-state index < -0.39 is 29.0 Å². The summed E-state index contributed by atoms with van der Waals surface area (Å²) in [5.74, 6) is -2.46. The van der Waals surface area contributed by atoms with Crippen LogP contribution >= 0.6 is 0 Å². The van der Waals surface area contributed by atoms with Gasteiger partial charge in [-0.15, -0.1) is 0 Å².